The van der Waals surface area contributed by atoms with Gasteiger partial charge in [-0.05, 0) is 48.1 Å². The van der Waals surface area contributed by atoms with Crippen LogP contribution in [0.5, 0.6) is 5.75 Å². The van der Waals surface area contributed by atoms with Gasteiger partial charge in [-0.2, -0.15) is 0 Å². The monoisotopic (exact) mass is 364 g/mol. The average Bonchev–Trinajstić information content (AvgIpc) is 3.56. The summed E-state index contributed by atoms with van der Waals surface area (Å²) in [4.78, 5) is 27.6. The first kappa shape index (κ1) is 17.6. The van der Waals surface area contributed by atoms with Gasteiger partial charge in [0.05, 0.1) is 7.11 Å². The molecule has 1 heterocycles. The predicted octanol–water partition coefficient (Wildman–Crippen LogP) is 2.85. The number of hydrogen-bond donors (Lipinski definition) is 1. The number of benzene rings is 2. The van der Waals surface area contributed by atoms with Crippen LogP contribution in [0.3, 0.4) is 0 Å². The molecule has 27 heavy (non-hydrogen) atoms. The summed E-state index contributed by atoms with van der Waals surface area (Å²) < 4.78 is 5.17. The second-order valence-corrected chi connectivity index (χ2v) is 7.22. The summed E-state index contributed by atoms with van der Waals surface area (Å²) in [7, 11) is 1.63. The summed E-state index contributed by atoms with van der Waals surface area (Å²) >= 11 is 0. The van der Waals surface area contributed by atoms with Crippen molar-refractivity contribution in [3.63, 3.8) is 0 Å². The van der Waals surface area contributed by atoms with E-state index < -0.39 is 6.04 Å². The van der Waals surface area contributed by atoms with Crippen molar-refractivity contribution in [2.24, 2.45) is 5.92 Å². The molecule has 1 N–H and O–H groups in total. The molecule has 2 amide bonds. The molecule has 1 fully saturated rings. The van der Waals surface area contributed by atoms with Crippen LogP contribution in [0.2, 0.25) is 0 Å². The van der Waals surface area contributed by atoms with Crippen molar-refractivity contribution in [3.05, 3.63) is 65.2 Å². The number of amides is 2. The van der Waals surface area contributed by atoms with E-state index in [2.05, 4.69) is 11.4 Å². The Morgan fingerprint density at radius 3 is 2.56 bits per heavy atom. The van der Waals surface area contributed by atoms with Crippen LogP contribution in [0.25, 0.3) is 0 Å². The van der Waals surface area contributed by atoms with Gasteiger partial charge in [0.2, 0.25) is 11.8 Å². The van der Waals surface area contributed by atoms with Gasteiger partial charge in [0, 0.05) is 19.0 Å². The van der Waals surface area contributed by atoms with E-state index in [4.69, 9.17) is 4.74 Å². The maximum Gasteiger partial charge on any atom is 0.247 e. The summed E-state index contributed by atoms with van der Waals surface area (Å²) in [6.45, 7) is 1.03. The maximum atomic E-state index is 13.1. The lowest BCUT2D eigenvalue weighted by Gasteiger charge is -2.36. The van der Waals surface area contributed by atoms with E-state index in [-0.39, 0.29) is 17.7 Å². The van der Waals surface area contributed by atoms with Crippen LogP contribution in [0.15, 0.2) is 48.5 Å². The van der Waals surface area contributed by atoms with Crippen LogP contribution in [-0.4, -0.2) is 30.4 Å². The van der Waals surface area contributed by atoms with Crippen molar-refractivity contribution in [1.82, 2.24) is 10.2 Å². The molecule has 0 spiro atoms. The lowest BCUT2D eigenvalue weighted by Crippen LogP contribution is -2.47. The SMILES string of the molecule is COc1ccc(CNC(=O)C2c3ccccc3CCN2C(=O)C2CC2)cc1. The lowest BCUT2D eigenvalue weighted by atomic mass is 9.91. The van der Waals surface area contributed by atoms with Gasteiger partial charge in [0.1, 0.15) is 11.8 Å². The van der Waals surface area contributed by atoms with Crippen LogP contribution in [0, 0.1) is 5.92 Å². The van der Waals surface area contributed by atoms with Crippen LogP contribution in [0.1, 0.15) is 35.6 Å². The number of nitrogens with zero attached hydrogens (tertiary/aromatic N) is 1. The summed E-state index contributed by atoms with van der Waals surface area (Å²) in [5.41, 5.74) is 3.10. The molecule has 4 rings (SSSR count). The first-order valence-corrected chi connectivity index (χ1v) is 9.46. The van der Waals surface area contributed by atoms with E-state index >= 15 is 0 Å². The third-order valence-corrected chi connectivity index (χ3v) is 5.37. The topological polar surface area (TPSA) is 58.6 Å². The Kier molecular flexibility index (Phi) is 4.84. The Bertz CT molecular complexity index is 843. The zero-order valence-corrected chi connectivity index (χ0v) is 15.5. The predicted molar refractivity (Wildman–Crippen MR) is 102 cm³/mol. The molecule has 140 valence electrons. The van der Waals surface area contributed by atoms with Gasteiger partial charge in [-0.25, -0.2) is 0 Å². The molecule has 1 aliphatic heterocycles. The van der Waals surface area contributed by atoms with Crippen molar-refractivity contribution in [3.8, 4) is 5.75 Å². The van der Waals surface area contributed by atoms with Crippen LogP contribution in [0.4, 0.5) is 0 Å². The molecule has 0 aromatic heterocycles. The number of fused-ring (bicyclic) bond motifs is 1. The zero-order chi connectivity index (χ0) is 18.8. The van der Waals surface area contributed by atoms with Gasteiger partial charge in [0.25, 0.3) is 0 Å². The number of hydrogen-bond acceptors (Lipinski definition) is 3. The van der Waals surface area contributed by atoms with Crippen molar-refractivity contribution < 1.29 is 14.3 Å². The molecule has 2 aliphatic rings. The van der Waals surface area contributed by atoms with E-state index in [0.29, 0.717) is 13.1 Å². The van der Waals surface area contributed by atoms with Crippen molar-refractivity contribution >= 4 is 11.8 Å². The lowest BCUT2D eigenvalue weighted by molar-refractivity contribution is -0.142. The highest BCUT2D eigenvalue weighted by Crippen LogP contribution is 2.37. The third-order valence-electron chi connectivity index (χ3n) is 5.37. The molecule has 5 nitrogen and oxygen atoms in total. The Morgan fingerprint density at radius 2 is 1.85 bits per heavy atom. The number of carbonyl (C=O) groups is 2. The smallest absolute Gasteiger partial charge is 0.247 e. The molecule has 1 aliphatic carbocycles. The van der Waals surface area contributed by atoms with E-state index in [1.165, 1.54) is 0 Å². The Balaban J connectivity index is 1.53. The van der Waals surface area contributed by atoms with Gasteiger partial charge >= 0.3 is 0 Å². The molecule has 1 unspecified atom stereocenters. The molecule has 0 saturated heterocycles. The first-order valence-electron chi connectivity index (χ1n) is 9.46. The molecule has 0 radical (unpaired) electrons. The van der Waals surface area contributed by atoms with Gasteiger partial charge in [-0.1, -0.05) is 36.4 Å². The highest BCUT2D eigenvalue weighted by molar-refractivity contribution is 5.91. The highest BCUT2D eigenvalue weighted by Gasteiger charge is 2.41. The van der Waals surface area contributed by atoms with Gasteiger partial charge in [0.15, 0.2) is 0 Å². The second-order valence-electron chi connectivity index (χ2n) is 7.22. The molecule has 1 saturated carbocycles. The summed E-state index contributed by atoms with van der Waals surface area (Å²) in [5.74, 6) is 0.890. The Labute approximate surface area is 159 Å². The standard InChI is InChI=1S/C22H24N2O3/c1-27-18-10-6-15(7-11-18)14-23-21(25)20-19-5-3-2-4-16(19)12-13-24(20)22(26)17-8-9-17/h2-7,10-11,17,20H,8-9,12-14H2,1H3,(H,23,25). The minimum absolute atomic E-state index is 0.104. The highest BCUT2D eigenvalue weighted by atomic mass is 16.5. The van der Waals surface area contributed by atoms with E-state index in [1.54, 1.807) is 12.0 Å². The Hall–Kier alpha value is -2.82. The number of rotatable bonds is 5. The molecular formula is C22H24N2O3. The number of nitrogens with one attached hydrogen (secondary N) is 1. The quantitative estimate of drug-likeness (QED) is 0.888. The first-order chi connectivity index (χ1) is 13.2. The molecule has 5 heteroatoms. The fraction of sp³-hybridized carbons (Fsp3) is 0.364. The van der Waals surface area contributed by atoms with E-state index in [1.807, 2.05) is 42.5 Å². The van der Waals surface area contributed by atoms with Gasteiger partial charge < -0.3 is 15.0 Å². The molecule has 2 aromatic rings. The summed E-state index contributed by atoms with van der Waals surface area (Å²) in [6.07, 6.45) is 2.69. The fourth-order valence-electron chi connectivity index (χ4n) is 3.68. The fourth-order valence-corrected chi connectivity index (χ4v) is 3.68. The van der Waals surface area contributed by atoms with Gasteiger partial charge in [-0.3, -0.25) is 9.59 Å². The number of carbonyl (C=O) groups excluding carboxylic acids is 2. The van der Waals surface area contributed by atoms with E-state index in [0.717, 1.165) is 41.7 Å². The van der Waals surface area contributed by atoms with Crippen LogP contribution in [-0.2, 0) is 22.6 Å². The number of ether oxygens (including phenoxy) is 1. The number of methoxy groups -OCH3 is 1. The van der Waals surface area contributed by atoms with E-state index in [9.17, 15) is 9.59 Å². The van der Waals surface area contributed by atoms with Crippen molar-refractivity contribution in [2.45, 2.75) is 31.8 Å². The Morgan fingerprint density at radius 1 is 1.11 bits per heavy atom. The molecule has 0 bridgehead atoms. The van der Waals surface area contributed by atoms with Gasteiger partial charge in [-0.15, -0.1) is 0 Å². The minimum atomic E-state index is -0.540. The zero-order valence-electron chi connectivity index (χ0n) is 15.5. The molecule has 1 atom stereocenters. The third kappa shape index (κ3) is 3.68. The summed E-state index contributed by atoms with van der Waals surface area (Å²) in [5, 5.41) is 3.02. The minimum Gasteiger partial charge on any atom is -0.497 e. The van der Waals surface area contributed by atoms with Crippen LogP contribution >= 0.6 is 0 Å². The molecular weight excluding hydrogens is 340 g/mol. The normalized spacial score (nSPS) is 18.6. The largest absolute Gasteiger partial charge is 0.497 e. The van der Waals surface area contributed by atoms with Crippen LogP contribution < -0.4 is 10.1 Å². The molecule has 2 aromatic carbocycles. The summed E-state index contributed by atoms with van der Waals surface area (Å²) in [6, 6.07) is 15.0. The van der Waals surface area contributed by atoms with Crippen molar-refractivity contribution in [1.29, 1.82) is 0 Å². The maximum absolute atomic E-state index is 13.1. The average molecular weight is 364 g/mol. The second kappa shape index (κ2) is 7.43. The van der Waals surface area contributed by atoms with Crippen molar-refractivity contribution in [2.75, 3.05) is 13.7 Å².